The molecule has 6 heteroatoms. The molecule has 1 saturated heterocycles. The molecule has 0 aliphatic carbocycles. The number of nitrogens with zero attached hydrogens (tertiary/aromatic N) is 1. The Morgan fingerprint density at radius 1 is 1.04 bits per heavy atom. The fourth-order valence-corrected chi connectivity index (χ4v) is 4.79. The van der Waals surface area contributed by atoms with E-state index in [-0.39, 0.29) is 16.8 Å². The minimum Gasteiger partial charge on any atom is -0.339 e. The van der Waals surface area contributed by atoms with Crippen molar-refractivity contribution in [2.75, 3.05) is 13.1 Å². The highest BCUT2D eigenvalue weighted by Crippen LogP contribution is 2.17. The van der Waals surface area contributed by atoms with Crippen LogP contribution in [0.25, 0.3) is 0 Å². The summed E-state index contributed by atoms with van der Waals surface area (Å²) >= 11 is 0. The smallest absolute Gasteiger partial charge is 0.253 e. The number of hydrogen-bond acceptors (Lipinski definition) is 3. The lowest BCUT2D eigenvalue weighted by molar-refractivity contribution is 0.0711. The highest BCUT2D eigenvalue weighted by atomic mass is 32.2. The number of benzene rings is 2. The van der Waals surface area contributed by atoms with Crippen LogP contribution in [0.1, 0.15) is 48.5 Å². The van der Waals surface area contributed by atoms with Crippen molar-refractivity contribution in [3.8, 4) is 0 Å². The van der Waals surface area contributed by atoms with Gasteiger partial charge in [-0.15, -0.1) is 0 Å². The Morgan fingerprint density at radius 2 is 1.68 bits per heavy atom. The van der Waals surface area contributed by atoms with Crippen molar-refractivity contribution >= 4 is 15.9 Å². The first kappa shape index (κ1) is 20.6. The summed E-state index contributed by atoms with van der Waals surface area (Å²) in [6.45, 7) is 3.28. The number of piperidine rings is 1. The minimum atomic E-state index is -3.52. The normalized spacial score (nSPS) is 15.5. The van der Waals surface area contributed by atoms with Gasteiger partial charge in [-0.1, -0.05) is 43.7 Å². The zero-order valence-corrected chi connectivity index (χ0v) is 17.1. The zero-order chi connectivity index (χ0) is 20.0. The van der Waals surface area contributed by atoms with Crippen molar-refractivity contribution in [3.05, 3.63) is 65.7 Å². The van der Waals surface area contributed by atoms with Crippen molar-refractivity contribution in [2.45, 2.75) is 50.0 Å². The largest absolute Gasteiger partial charge is 0.339 e. The minimum absolute atomic E-state index is 0.0198. The Balaban J connectivity index is 1.54. The van der Waals surface area contributed by atoms with E-state index < -0.39 is 10.0 Å². The molecule has 1 amide bonds. The van der Waals surface area contributed by atoms with E-state index in [4.69, 9.17) is 0 Å². The molecule has 1 fully saturated rings. The maximum atomic E-state index is 12.7. The van der Waals surface area contributed by atoms with Crippen LogP contribution in [0.5, 0.6) is 0 Å². The van der Waals surface area contributed by atoms with Gasteiger partial charge in [0.25, 0.3) is 5.91 Å². The van der Waals surface area contributed by atoms with E-state index in [2.05, 4.69) is 11.6 Å². The number of sulfonamides is 1. The molecule has 28 heavy (non-hydrogen) atoms. The molecule has 2 aromatic rings. The lowest BCUT2D eigenvalue weighted by Crippen LogP contribution is -2.46. The fraction of sp³-hybridized carbons (Fsp3) is 0.409. The van der Waals surface area contributed by atoms with Gasteiger partial charge in [0, 0.05) is 24.7 Å². The Hall–Kier alpha value is -2.18. The molecule has 1 aliphatic rings. The number of nitrogens with one attached hydrogen (secondary N) is 1. The third-order valence-electron chi connectivity index (χ3n) is 5.18. The summed E-state index contributed by atoms with van der Waals surface area (Å²) in [4.78, 5) is 14.8. The quantitative estimate of drug-likeness (QED) is 0.772. The number of hydrogen-bond donors (Lipinski definition) is 1. The lowest BCUT2D eigenvalue weighted by atomic mass is 10.0. The van der Waals surface area contributed by atoms with Crippen molar-refractivity contribution in [1.29, 1.82) is 0 Å². The van der Waals surface area contributed by atoms with Gasteiger partial charge in [0.05, 0.1) is 4.90 Å². The second kappa shape index (κ2) is 9.34. The molecule has 1 heterocycles. The molecular weight excluding hydrogens is 372 g/mol. The van der Waals surface area contributed by atoms with Crippen molar-refractivity contribution < 1.29 is 13.2 Å². The number of carbonyl (C=O) groups excluding carboxylic acids is 1. The summed E-state index contributed by atoms with van der Waals surface area (Å²) in [5.74, 6) is 0.0198. The molecule has 0 bridgehead atoms. The first-order chi connectivity index (χ1) is 13.5. The van der Waals surface area contributed by atoms with Crippen molar-refractivity contribution in [3.63, 3.8) is 0 Å². The molecule has 2 aromatic carbocycles. The molecule has 1 N–H and O–H groups in total. The summed E-state index contributed by atoms with van der Waals surface area (Å²) in [5, 5.41) is 0. The van der Waals surface area contributed by atoms with E-state index in [1.165, 1.54) is 5.56 Å². The molecule has 150 valence electrons. The number of likely N-dealkylation sites (tertiary alicyclic amines) is 1. The Kier molecular flexibility index (Phi) is 6.86. The molecule has 0 spiro atoms. The van der Waals surface area contributed by atoms with Gasteiger partial charge in [0.15, 0.2) is 0 Å². The predicted octanol–water partition coefficient (Wildman–Crippen LogP) is 3.61. The van der Waals surface area contributed by atoms with Gasteiger partial charge in [0.1, 0.15) is 0 Å². The van der Waals surface area contributed by atoms with Gasteiger partial charge in [-0.2, -0.15) is 0 Å². The number of aryl methyl sites for hydroxylation is 1. The van der Waals surface area contributed by atoms with Crippen LogP contribution in [-0.2, 0) is 16.4 Å². The zero-order valence-electron chi connectivity index (χ0n) is 16.3. The maximum Gasteiger partial charge on any atom is 0.253 e. The van der Waals surface area contributed by atoms with Crippen LogP contribution in [0, 0.1) is 0 Å². The van der Waals surface area contributed by atoms with Gasteiger partial charge in [-0.05, 0) is 55.5 Å². The molecule has 0 radical (unpaired) electrons. The Morgan fingerprint density at radius 3 is 2.29 bits per heavy atom. The van der Waals surface area contributed by atoms with E-state index in [9.17, 15) is 13.2 Å². The molecule has 5 nitrogen and oxygen atoms in total. The first-order valence-corrected chi connectivity index (χ1v) is 11.4. The lowest BCUT2D eigenvalue weighted by Gasteiger charge is -2.32. The Labute approximate surface area is 167 Å². The molecule has 0 unspecified atom stereocenters. The van der Waals surface area contributed by atoms with Crippen molar-refractivity contribution in [1.82, 2.24) is 9.62 Å². The second-order valence-corrected chi connectivity index (χ2v) is 9.02. The van der Waals surface area contributed by atoms with Crippen LogP contribution in [0.15, 0.2) is 59.5 Å². The van der Waals surface area contributed by atoms with Gasteiger partial charge < -0.3 is 4.90 Å². The van der Waals surface area contributed by atoms with Crippen LogP contribution in [0.3, 0.4) is 0 Å². The van der Waals surface area contributed by atoms with Gasteiger partial charge in [0.2, 0.25) is 10.0 Å². The second-order valence-electron chi connectivity index (χ2n) is 7.30. The summed E-state index contributed by atoms with van der Waals surface area (Å²) in [5.41, 5.74) is 1.95. The fourth-order valence-electron chi connectivity index (χ4n) is 3.46. The summed E-state index contributed by atoms with van der Waals surface area (Å²) in [6, 6.07) is 16.1. The van der Waals surface area contributed by atoms with E-state index in [0.29, 0.717) is 31.5 Å². The Bertz CT molecular complexity index is 872. The number of carbonyl (C=O) groups is 1. The molecule has 1 aliphatic heterocycles. The molecule has 0 aromatic heterocycles. The average molecular weight is 401 g/mol. The van der Waals surface area contributed by atoms with Crippen LogP contribution < -0.4 is 4.72 Å². The average Bonchev–Trinajstić information content (AvgIpc) is 2.73. The van der Waals surface area contributed by atoms with Crippen LogP contribution in [0.2, 0.25) is 0 Å². The van der Waals surface area contributed by atoms with E-state index in [1.807, 2.05) is 29.2 Å². The SMILES string of the molecule is CCCCc1ccc(C(=O)N2CCC(NS(=O)(=O)c3ccccc3)CC2)cc1. The van der Waals surface area contributed by atoms with E-state index >= 15 is 0 Å². The summed E-state index contributed by atoms with van der Waals surface area (Å²) < 4.78 is 27.7. The third-order valence-corrected chi connectivity index (χ3v) is 6.71. The van der Waals surface area contributed by atoms with Crippen LogP contribution in [0.4, 0.5) is 0 Å². The van der Waals surface area contributed by atoms with Gasteiger partial charge in [-0.3, -0.25) is 4.79 Å². The maximum absolute atomic E-state index is 12.7. The van der Waals surface area contributed by atoms with Crippen LogP contribution >= 0.6 is 0 Å². The van der Waals surface area contributed by atoms with E-state index in [1.54, 1.807) is 30.3 Å². The topological polar surface area (TPSA) is 66.5 Å². The molecule has 3 rings (SSSR count). The summed E-state index contributed by atoms with van der Waals surface area (Å²) in [7, 11) is -3.52. The highest BCUT2D eigenvalue weighted by molar-refractivity contribution is 7.89. The standard InChI is InChI=1S/C22H28N2O3S/c1-2-3-7-18-10-12-19(13-11-18)22(25)24-16-14-20(15-17-24)23-28(26,27)21-8-5-4-6-9-21/h4-6,8-13,20,23H,2-3,7,14-17H2,1H3. The third kappa shape index (κ3) is 5.20. The monoisotopic (exact) mass is 400 g/mol. The highest BCUT2D eigenvalue weighted by Gasteiger charge is 2.27. The first-order valence-electron chi connectivity index (χ1n) is 9.95. The molecule has 0 atom stereocenters. The van der Waals surface area contributed by atoms with Crippen molar-refractivity contribution in [2.24, 2.45) is 0 Å². The van der Waals surface area contributed by atoms with Gasteiger partial charge >= 0.3 is 0 Å². The number of rotatable bonds is 7. The van der Waals surface area contributed by atoms with Gasteiger partial charge in [-0.25, -0.2) is 13.1 Å². The molecular formula is C22H28N2O3S. The van der Waals surface area contributed by atoms with Crippen LogP contribution in [-0.4, -0.2) is 38.4 Å². The van der Waals surface area contributed by atoms with E-state index in [0.717, 1.165) is 19.3 Å². The number of amides is 1. The summed E-state index contributed by atoms with van der Waals surface area (Å²) in [6.07, 6.45) is 4.58. The predicted molar refractivity (Wildman–Crippen MR) is 111 cm³/mol. The molecule has 0 saturated carbocycles. The number of unbranched alkanes of at least 4 members (excludes halogenated alkanes) is 1.